The summed E-state index contributed by atoms with van der Waals surface area (Å²) >= 11 is 1.81. The molecule has 1 saturated heterocycles. The van der Waals surface area contributed by atoms with Gasteiger partial charge in [-0.1, -0.05) is 0 Å². The van der Waals surface area contributed by atoms with Gasteiger partial charge < -0.3 is 20.5 Å². The van der Waals surface area contributed by atoms with Crippen LogP contribution in [0.4, 0.5) is 5.69 Å². The lowest BCUT2D eigenvalue weighted by atomic mass is 10.1. The van der Waals surface area contributed by atoms with Crippen LogP contribution in [0.2, 0.25) is 0 Å². The van der Waals surface area contributed by atoms with E-state index in [9.17, 15) is 9.59 Å². The quantitative estimate of drug-likeness (QED) is 0.762. The van der Waals surface area contributed by atoms with E-state index < -0.39 is 5.97 Å². The van der Waals surface area contributed by atoms with Crippen LogP contribution < -0.4 is 15.4 Å². The van der Waals surface area contributed by atoms with Crippen LogP contribution in [0.3, 0.4) is 0 Å². The van der Waals surface area contributed by atoms with Gasteiger partial charge >= 0.3 is 5.97 Å². The fourth-order valence-electron chi connectivity index (χ4n) is 2.12. The number of anilines is 1. The van der Waals surface area contributed by atoms with E-state index in [0.29, 0.717) is 12.2 Å². The zero-order chi connectivity index (χ0) is 15.2. The molecule has 0 spiro atoms. The first-order valence-corrected chi connectivity index (χ1v) is 7.78. The van der Waals surface area contributed by atoms with E-state index in [0.717, 1.165) is 18.1 Å². The molecule has 3 N–H and O–H groups in total. The van der Waals surface area contributed by atoms with Crippen molar-refractivity contribution in [1.82, 2.24) is 5.32 Å². The SMILES string of the molecule is COc1ccc(C(=O)O)c(NC(=O)CC2CSCCN2)c1. The standard InChI is InChI=1S/C14H18N2O4S/c1-20-10-2-3-11(14(18)19)12(7-10)16-13(17)6-9-8-21-5-4-15-9/h2-3,7,9,15H,4-6,8H2,1H3,(H,16,17)(H,18,19). The Morgan fingerprint density at radius 1 is 1.52 bits per heavy atom. The average Bonchev–Trinajstić information content (AvgIpc) is 2.47. The van der Waals surface area contributed by atoms with Gasteiger partial charge in [0, 0.05) is 36.6 Å². The molecule has 1 aromatic rings. The summed E-state index contributed by atoms with van der Waals surface area (Å²) in [6.45, 7) is 0.891. The number of hydrogen-bond acceptors (Lipinski definition) is 5. The number of aromatic carboxylic acids is 1. The predicted molar refractivity (Wildman–Crippen MR) is 82.3 cm³/mol. The number of carbonyl (C=O) groups is 2. The Bertz CT molecular complexity index is 530. The number of benzene rings is 1. The Hall–Kier alpha value is -1.73. The first-order valence-electron chi connectivity index (χ1n) is 6.62. The van der Waals surface area contributed by atoms with Crippen LogP contribution in [0.15, 0.2) is 18.2 Å². The van der Waals surface area contributed by atoms with E-state index in [1.165, 1.54) is 19.2 Å². The summed E-state index contributed by atoms with van der Waals surface area (Å²) in [4.78, 5) is 23.2. The molecular weight excluding hydrogens is 292 g/mol. The highest BCUT2D eigenvalue weighted by molar-refractivity contribution is 7.99. The van der Waals surface area contributed by atoms with Crippen molar-refractivity contribution in [3.8, 4) is 5.75 Å². The van der Waals surface area contributed by atoms with Crippen molar-refractivity contribution in [3.63, 3.8) is 0 Å². The number of nitrogens with one attached hydrogen (secondary N) is 2. The molecule has 0 saturated carbocycles. The highest BCUT2D eigenvalue weighted by Gasteiger charge is 2.19. The molecule has 6 nitrogen and oxygen atoms in total. The van der Waals surface area contributed by atoms with E-state index in [1.54, 1.807) is 6.07 Å². The number of ether oxygens (including phenoxy) is 1. The average molecular weight is 310 g/mol. The number of carbonyl (C=O) groups excluding carboxylic acids is 1. The second-order valence-electron chi connectivity index (χ2n) is 4.69. The molecule has 0 aliphatic carbocycles. The third-order valence-electron chi connectivity index (χ3n) is 3.16. The van der Waals surface area contributed by atoms with Gasteiger partial charge in [0.1, 0.15) is 5.75 Å². The van der Waals surface area contributed by atoms with Crippen molar-refractivity contribution >= 4 is 29.3 Å². The van der Waals surface area contributed by atoms with Gasteiger partial charge in [-0.3, -0.25) is 4.79 Å². The number of rotatable bonds is 5. The highest BCUT2D eigenvalue weighted by Crippen LogP contribution is 2.23. The van der Waals surface area contributed by atoms with Crippen molar-refractivity contribution in [2.75, 3.05) is 30.5 Å². The van der Waals surface area contributed by atoms with Gasteiger partial charge in [-0.2, -0.15) is 11.8 Å². The molecule has 1 amide bonds. The highest BCUT2D eigenvalue weighted by atomic mass is 32.2. The van der Waals surface area contributed by atoms with Crippen molar-refractivity contribution < 1.29 is 19.4 Å². The molecule has 2 rings (SSSR count). The van der Waals surface area contributed by atoms with Gasteiger partial charge in [0.05, 0.1) is 18.4 Å². The molecule has 7 heteroatoms. The lowest BCUT2D eigenvalue weighted by molar-refractivity contribution is -0.116. The topological polar surface area (TPSA) is 87.7 Å². The van der Waals surface area contributed by atoms with Crippen LogP contribution in [0.1, 0.15) is 16.8 Å². The van der Waals surface area contributed by atoms with Gasteiger partial charge in [-0.05, 0) is 12.1 Å². The summed E-state index contributed by atoms with van der Waals surface area (Å²) in [5.74, 6) is 1.15. The molecule has 0 radical (unpaired) electrons. The Labute approximate surface area is 127 Å². The van der Waals surface area contributed by atoms with Crippen molar-refractivity contribution in [2.45, 2.75) is 12.5 Å². The lowest BCUT2D eigenvalue weighted by Crippen LogP contribution is -2.40. The minimum Gasteiger partial charge on any atom is -0.497 e. The molecule has 1 fully saturated rings. The van der Waals surface area contributed by atoms with Gasteiger partial charge in [0.25, 0.3) is 0 Å². The fourth-order valence-corrected chi connectivity index (χ4v) is 3.07. The van der Waals surface area contributed by atoms with Gasteiger partial charge in [-0.15, -0.1) is 0 Å². The molecular formula is C14H18N2O4S. The first kappa shape index (κ1) is 15.7. The Kier molecular flexibility index (Phi) is 5.46. The molecule has 1 heterocycles. The van der Waals surface area contributed by atoms with Gasteiger partial charge in [0.15, 0.2) is 0 Å². The smallest absolute Gasteiger partial charge is 0.337 e. The number of carboxylic acids is 1. The van der Waals surface area contributed by atoms with Gasteiger partial charge in [-0.25, -0.2) is 4.79 Å². The molecule has 1 aromatic carbocycles. The minimum absolute atomic E-state index is 0.0510. The number of methoxy groups -OCH3 is 1. The molecule has 1 atom stereocenters. The Balaban J connectivity index is 2.06. The Morgan fingerprint density at radius 2 is 2.33 bits per heavy atom. The van der Waals surface area contributed by atoms with E-state index in [1.807, 2.05) is 11.8 Å². The van der Waals surface area contributed by atoms with E-state index in [4.69, 9.17) is 9.84 Å². The molecule has 1 aliphatic heterocycles. The van der Waals surface area contributed by atoms with Crippen molar-refractivity contribution in [1.29, 1.82) is 0 Å². The Morgan fingerprint density at radius 3 is 2.95 bits per heavy atom. The number of hydrogen-bond donors (Lipinski definition) is 3. The second kappa shape index (κ2) is 7.33. The largest absolute Gasteiger partial charge is 0.497 e. The maximum absolute atomic E-state index is 12.1. The third-order valence-corrected chi connectivity index (χ3v) is 4.29. The summed E-state index contributed by atoms with van der Waals surface area (Å²) < 4.78 is 5.06. The molecule has 114 valence electrons. The van der Waals surface area contributed by atoms with Crippen LogP contribution >= 0.6 is 11.8 Å². The van der Waals surface area contributed by atoms with Gasteiger partial charge in [0.2, 0.25) is 5.91 Å². The van der Waals surface area contributed by atoms with Crippen LogP contribution in [0, 0.1) is 0 Å². The van der Waals surface area contributed by atoms with Crippen molar-refractivity contribution in [2.24, 2.45) is 0 Å². The number of carboxylic acid groups (broad SMARTS) is 1. The maximum Gasteiger partial charge on any atom is 0.337 e. The maximum atomic E-state index is 12.1. The zero-order valence-corrected chi connectivity index (χ0v) is 12.5. The summed E-state index contributed by atoms with van der Waals surface area (Å²) in [6.07, 6.45) is 0.323. The predicted octanol–water partition coefficient (Wildman–Crippen LogP) is 1.43. The fraction of sp³-hybridized carbons (Fsp3) is 0.429. The second-order valence-corrected chi connectivity index (χ2v) is 5.84. The van der Waals surface area contributed by atoms with Crippen molar-refractivity contribution in [3.05, 3.63) is 23.8 Å². The zero-order valence-electron chi connectivity index (χ0n) is 11.7. The first-order chi connectivity index (χ1) is 10.1. The monoisotopic (exact) mass is 310 g/mol. The summed E-state index contributed by atoms with van der Waals surface area (Å²) in [6, 6.07) is 4.62. The van der Waals surface area contributed by atoms with E-state index in [2.05, 4.69) is 10.6 Å². The van der Waals surface area contributed by atoms with Crippen LogP contribution in [-0.2, 0) is 4.79 Å². The summed E-state index contributed by atoms with van der Waals surface area (Å²) in [7, 11) is 1.49. The number of amides is 1. The van der Waals surface area contributed by atoms with Crippen LogP contribution in [-0.4, -0.2) is 48.2 Å². The van der Waals surface area contributed by atoms with Crippen LogP contribution in [0.5, 0.6) is 5.75 Å². The molecule has 21 heavy (non-hydrogen) atoms. The van der Waals surface area contributed by atoms with E-state index in [-0.39, 0.29) is 23.2 Å². The third kappa shape index (κ3) is 4.37. The summed E-state index contributed by atoms with van der Waals surface area (Å²) in [5.41, 5.74) is 0.311. The molecule has 1 unspecified atom stereocenters. The minimum atomic E-state index is -1.08. The number of thioether (sulfide) groups is 1. The molecule has 0 bridgehead atoms. The molecule has 1 aliphatic rings. The molecule has 0 aromatic heterocycles. The van der Waals surface area contributed by atoms with E-state index >= 15 is 0 Å². The van der Waals surface area contributed by atoms with Crippen LogP contribution in [0.25, 0.3) is 0 Å². The lowest BCUT2D eigenvalue weighted by Gasteiger charge is -2.22. The summed E-state index contributed by atoms with van der Waals surface area (Å²) in [5, 5.41) is 15.1. The normalized spacial score (nSPS) is 18.0.